The zero-order valence-electron chi connectivity index (χ0n) is 14.5. The lowest BCUT2D eigenvalue weighted by Crippen LogP contribution is -2.27. The second kappa shape index (κ2) is 7.39. The minimum atomic E-state index is 0.130. The van der Waals surface area contributed by atoms with Gasteiger partial charge in [0, 0.05) is 23.0 Å². The third-order valence-electron chi connectivity index (χ3n) is 4.64. The summed E-state index contributed by atoms with van der Waals surface area (Å²) >= 11 is 7.80. The van der Waals surface area contributed by atoms with E-state index in [-0.39, 0.29) is 5.75 Å². The van der Waals surface area contributed by atoms with Crippen molar-refractivity contribution in [3.63, 3.8) is 0 Å². The Morgan fingerprint density at radius 2 is 2.04 bits per heavy atom. The van der Waals surface area contributed by atoms with E-state index in [1.807, 2.05) is 6.07 Å². The number of piperidine rings is 1. The summed E-state index contributed by atoms with van der Waals surface area (Å²) in [5.74, 6) is 1.54. The zero-order valence-corrected chi connectivity index (χ0v) is 16.1. The average Bonchev–Trinajstić information content (AvgIpc) is 3.02. The molecule has 0 amide bonds. The van der Waals surface area contributed by atoms with Crippen molar-refractivity contribution in [1.29, 1.82) is 0 Å². The predicted molar refractivity (Wildman–Crippen MR) is 108 cm³/mol. The Balaban J connectivity index is 1.51. The van der Waals surface area contributed by atoms with Gasteiger partial charge in [0.15, 0.2) is 0 Å². The fraction of sp³-hybridized carbons (Fsp3) is 0.316. The number of phenols is 1. The lowest BCUT2D eigenvalue weighted by atomic mass is 10.0. The monoisotopic (exact) mass is 388 g/mol. The Bertz CT molecular complexity index is 921. The zero-order chi connectivity index (χ0) is 18.1. The van der Waals surface area contributed by atoms with E-state index < -0.39 is 0 Å². The SMILES string of the molecule is CC1CCN(Sc2ccc3nc(Nc4cc(Cl)ccc4O)[nH]c3c2)CC1. The summed E-state index contributed by atoms with van der Waals surface area (Å²) in [5, 5.41) is 13.6. The minimum absolute atomic E-state index is 0.130. The molecule has 0 radical (unpaired) electrons. The molecule has 136 valence electrons. The van der Waals surface area contributed by atoms with Crippen molar-refractivity contribution in [1.82, 2.24) is 14.3 Å². The van der Waals surface area contributed by atoms with Gasteiger partial charge in [-0.3, -0.25) is 0 Å². The molecule has 0 unspecified atom stereocenters. The first-order valence-electron chi connectivity index (χ1n) is 8.75. The number of hydrogen-bond donors (Lipinski definition) is 3. The Morgan fingerprint density at radius 3 is 2.85 bits per heavy atom. The number of aromatic hydroxyl groups is 1. The molecule has 0 spiro atoms. The first kappa shape index (κ1) is 17.5. The number of rotatable bonds is 4. The molecule has 0 saturated carbocycles. The first-order valence-corrected chi connectivity index (χ1v) is 9.90. The number of H-pyrrole nitrogens is 1. The number of aromatic nitrogens is 2. The topological polar surface area (TPSA) is 64.2 Å². The van der Waals surface area contributed by atoms with Gasteiger partial charge in [-0.2, -0.15) is 0 Å². The quantitative estimate of drug-likeness (QED) is 0.412. The highest BCUT2D eigenvalue weighted by Crippen LogP contribution is 2.32. The summed E-state index contributed by atoms with van der Waals surface area (Å²) in [6.07, 6.45) is 2.52. The van der Waals surface area contributed by atoms with Crippen LogP contribution in [-0.2, 0) is 0 Å². The van der Waals surface area contributed by atoms with Crippen molar-refractivity contribution >= 4 is 46.2 Å². The van der Waals surface area contributed by atoms with Gasteiger partial charge in [-0.1, -0.05) is 18.5 Å². The Labute approximate surface area is 161 Å². The molecule has 2 heterocycles. The standard InChI is InChI=1S/C19H21ClN4OS/c1-12-6-8-24(9-7-12)26-14-3-4-15-16(11-14)22-19(21-15)23-17-10-13(20)2-5-18(17)25/h2-5,10-12,25H,6-9H2,1H3,(H2,21,22,23). The van der Waals surface area contributed by atoms with Crippen LogP contribution in [-0.4, -0.2) is 32.5 Å². The molecular weight excluding hydrogens is 368 g/mol. The third-order valence-corrected chi connectivity index (χ3v) is 5.97. The smallest absolute Gasteiger partial charge is 0.205 e. The van der Waals surface area contributed by atoms with Gasteiger partial charge < -0.3 is 15.4 Å². The van der Waals surface area contributed by atoms with Gasteiger partial charge in [-0.25, -0.2) is 9.29 Å². The molecule has 3 N–H and O–H groups in total. The highest BCUT2D eigenvalue weighted by atomic mass is 35.5. The van der Waals surface area contributed by atoms with Crippen LogP contribution in [0.25, 0.3) is 11.0 Å². The van der Waals surface area contributed by atoms with Crippen molar-refractivity contribution < 1.29 is 5.11 Å². The lowest BCUT2D eigenvalue weighted by molar-refractivity contribution is 0.308. The number of aromatic amines is 1. The maximum atomic E-state index is 9.94. The van der Waals surface area contributed by atoms with E-state index in [4.69, 9.17) is 11.6 Å². The molecule has 4 rings (SSSR count). The molecular formula is C19H21ClN4OS. The predicted octanol–water partition coefficient (Wildman–Crippen LogP) is 5.40. The first-order chi connectivity index (χ1) is 12.6. The Hall–Kier alpha value is -1.89. The second-order valence-corrected chi connectivity index (χ2v) is 8.36. The molecule has 3 aromatic rings. The fourth-order valence-corrected chi connectivity index (χ4v) is 4.23. The summed E-state index contributed by atoms with van der Waals surface area (Å²) in [6.45, 7) is 4.59. The molecule has 1 aliphatic heterocycles. The Kier molecular flexibility index (Phi) is 4.98. The van der Waals surface area contributed by atoms with Crippen LogP contribution in [0.15, 0.2) is 41.3 Å². The van der Waals surface area contributed by atoms with Crippen molar-refractivity contribution in [2.45, 2.75) is 24.7 Å². The van der Waals surface area contributed by atoms with Crippen LogP contribution >= 0.6 is 23.5 Å². The number of halogens is 1. The third kappa shape index (κ3) is 3.92. The maximum absolute atomic E-state index is 9.94. The summed E-state index contributed by atoms with van der Waals surface area (Å²) in [6, 6.07) is 11.1. The van der Waals surface area contributed by atoms with Crippen molar-refractivity contribution in [2.24, 2.45) is 5.92 Å². The van der Waals surface area contributed by atoms with Crippen molar-refractivity contribution in [3.05, 3.63) is 41.4 Å². The number of hydrogen-bond acceptors (Lipinski definition) is 5. The van der Waals surface area contributed by atoms with Crippen LogP contribution in [0.1, 0.15) is 19.8 Å². The van der Waals surface area contributed by atoms with Crippen LogP contribution in [0.4, 0.5) is 11.6 Å². The number of imidazole rings is 1. The molecule has 1 aliphatic rings. The number of nitrogens with one attached hydrogen (secondary N) is 2. The van der Waals surface area contributed by atoms with E-state index in [0.717, 1.165) is 30.0 Å². The van der Waals surface area contributed by atoms with Gasteiger partial charge in [0.1, 0.15) is 5.75 Å². The number of phenolic OH excluding ortho intramolecular Hbond substituents is 1. The van der Waals surface area contributed by atoms with Gasteiger partial charge >= 0.3 is 0 Å². The molecule has 0 bridgehead atoms. The molecule has 26 heavy (non-hydrogen) atoms. The van der Waals surface area contributed by atoms with Crippen molar-refractivity contribution in [3.8, 4) is 5.75 Å². The molecule has 0 atom stereocenters. The molecule has 0 aliphatic carbocycles. The maximum Gasteiger partial charge on any atom is 0.205 e. The van der Waals surface area contributed by atoms with Crippen LogP contribution in [0.3, 0.4) is 0 Å². The van der Waals surface area contributed by atoms with E-state index in [1.165, 1.54) is 17.7 Å². The number of fused-ring (bicyclic) bond motifs is 1. The molecule has 1 fully saturated rings. The van der Waals surface area contributed by atoms with Crippen LogP contribution in [0.5, 0.6) is 5.75 Å². The van der Waals surface area contributed by atoms with Crippen LogP contribution in [0, 0.1) is 5.92 Å². The summed E-state index contributed by atoms with van der Waals surface area (Å²) in [5.41, 5.74) is 2.36. The van der Waals surface area contributed by atoms with E-state index in [9.17, 15) is 5.11 Å². The van der Waals surface area contributed by atoms with E-state index >= 15 is 0 Å². The molecule has 5 nitrogen and oxygen atoms in total. The molecule has 1 aromatic heterocycles. The molecule has 1 saturated heterocycles. The highest BCUT2D eigenvalue weighted by molar-refractivity contribution is 7.97. The largest absolute Gasteiger partial charge is 0.506 e. The highest BCUT2D eigenvalue weighted by Gasteiger charge is 2.17. The van der Waals surface area contributed by atoms with Gasteiger partial charge in [0.25, 0.3) is 0 Å². The minimum Gasteiger partial charge on any atom is -0.506 e. The van der Waals surface area contributed by atoms with E-state index in [2.05, 4.69) is 38.6 Å². The van der Waals surface area contributed by atoms with E-state index in [0.29, 0.717) is 16.7 Å². The normalized spacial score (nSPS) is 16.2. The number of nitrogens with zero attached hydrogens (tertiary/aromatic N) is 2. The van der Waals surface area contributed by atoms with Gasteiger partial charge in [0.2, 0.25) is 5.95 Å². The summed E-state index contributed by atoms with van der Waals surface area (Å²) < 4.78 is 2.43. The summed E-state index contributed by atoms with van der Waals surface area (Å²) in [4.78, 5) is 9.00. The number of anilines is 2. The molecule has 2 aromatic carbocycles. The second-order valence-electron chi connectivity index (χ2n) is 6.75. The van der Waals surface area contributed by atoms with Gasteiger partial charge in [-0.05, 0) is 67.1 Å². The fourth-order valence-electron chi connectivity index (χ4n) is 3.07. The van der Waals surface area contributed by atoms with Crippen molar-refractivity contribution in [2.75, 3.05) is 18.4 Å². The van der Waals surface area contributed by atoms with E-state index in [1.54, 1.807) is 30.1 Å². The van der Waals surface area contributed by atoms with Gasteiger partial charge in [-0.15, -0.1) is 0 Å². The van der Waals surface area contributed by atoms with Gasteiger partial charge in [0.05, 0.1) is 16.7 Å². The Morgan fingerprint density at radius 1 is 1.23 bits per heavy atom. The lowest BCUT2D eigenvalue weighted by Gasteiger charge is -2.28. The van der Waals surface area contributed by atoms with Crippen LogP contribution in [0.2, 0.25) is 5.02 Å². The molecule has 7 heteroatoms. The van der Waals surface area contributed by atoms with Crippen LogP contribution < -0.4 is 5.32 Å². The average molecular weight is 389 g/mol. The number of benzene rings is 2. The summed E-state index contributed by atoms with van der Waals surface area (Å²) in [7, 11) is 0.